The van der Waals surface area contributed by atoms with Crippen molar-refractivity contribution in [3.63, 3.8) is 0 Å². The molecule has 0 aliphatic rings. The summed E-state index contributed by atoms with van der Waals surface area (Å²) in [4.78, 5) is 4.09. The van der Waals surface area contributed by atoms with Gasteiger partial charge < -0.3 is 14.0 Å². The van der Waals surface area contributed by atoms with Crippen molar-refractivity contribution < 1.29 is 13.9 Å². The van der Waals surface area contributed by atoms with Crippen LogP contribution >= 0.6 is 0 Å². The summed E-state index contributed by atoms with van der Waals surface area (Å²) in [7, 11) is 1.63. The van der Waals surface area contributed by atoms with Gasteiger partial charge in [0.05, 0.1) is 20.0 Å². The van der Waals surface area contributed by atoms with Gasteiger partial charge in [0.15, 0.2) is 11.5 Å². The molecule has 130 valence electrons. The summed E-state index contributed by atoms with van der Waals surface area (Å²) in [6.45, 7) is 1.30. The van der Waals surface area contributed by atoms with Gasteiger partial charge in [-0.15, -0.1) is 0 Å². The first-order chi connectivity index (χ1) is 12.3. The van der Waals surface area contributed by atoms with Gasteiger partial charge in [0.2, 0.25) is 0 Å². The van der Waals surface area contributed by atoms with E-state index in [1.807, 2.05) is 47.2 Å². The molecular weight excluding hydrogens is 319 g/mol. The number of hydrogen-bond acceptors (Lipinski definition) is 3. The minimum atomic E-state index is -0.226. The predicted molar refractivity (Wildman–Crippen MR) is 94.5 cm³/mol. The van der Waals surface area contributed by atoms with Crippen molar-refractivity contribution in [3.8, 4) is 11.5 Å². The number of para-hydroxylation sites is 2. The smallest absolute Gasteiger partial charge is 0.161 e. The van der Waals surface area contributed by atoms with Gasteiger partial charge in [0.1, 0.15) is 5.82 Å². The monoisotopic (exact) mass is 340 g/mol. The molecule has 0 aliphatic carbocycles. The van der Waals surface area contributed by atoms with Gasteiger partial charge in [0, 0.05) is 24.9 Å². The third-order valence-corrected chi connectivity index (χ3v) is 4.12. The Morgan fingerprint density at radius 1 is 1.08 bits per heavy atom. The molecule has 1 heterocycles. The van der Waals surface area contributed by atoms with E-state index in [4.69, 9.17) is 9.47 Å². The number of halogens is 1. The van der Waals surface area contributed by atoms with Gasteiger partial charge in [-0.3, -0.25) is 0 Å². The predicted octanol–water partition coefficient (Wildman–Crippen LogP) is 4.28. The number of hydrogen-bond donors (Lipinski definition) is 0. The second-order valence-corrected chi connectivity index (χ2v) is 5.80. The van der Waals surface area contributed by atoms with Crippen LogP contribution in [0.3, 0.4) is 0 Å². The van der Waals surface area contributed by atoms with Crippen LogP contribution in [0.15, 0.2) is 67.3 Å². The Balaban J connectivity index is 1.68. The van der Waals surface area contributed by atoms with E-state index in [0.717, 1.165) is 30.0 Å². The molecule has 0 N–H and O–H groups in total. The lowest BCUT2D eigenvalue weighted by atomic mass is 9.96. The summed E-state index contributed by atoms with van der Waals surface area (Å²) < 4.78 is 26.5. The summed E-state index contributed by atoms with van der Waals surface area (Å²) in [5.41, 5.74) is 1.08. The van der Waals surface area contributed by atoms with Gasteiger partial charge >= 0.3 is 0 Å². The van der Waals surface area contributed by atoms with E-state index in [2.05, 4.69) is 4.98 Å². The summed E-state index contributed by atoms with van der Waals surface area (Å²) in [6.07, 6.45) is 6.27. The molecule has 4 nitrogen and oxygen atoms in total. The van der Waals surface area contributed by atoms with Crippen LogP contribution in [0.25, 0.3) is 0 Å². The van der Waals surface area contributed by atoms with Crippen LogP contribution in [0.2, 0.25) is 0 Å². The number of imidazole rings is 1. The number of nitrogens with zero attached hydrogens (tertiary/aromatic N) is 2. The summed E-state index contributed by atoms with van der Waals surface area (Å²) >= 11 is 0. The molecule has 25 heavy (non-hydrogen) atoms. The van der Waals surface area contributed by atoms with Crippen LogP contribution in [-0.2, 0) is 6.54 Å². The van der Waals surface area contributed by atoms with E-state index in [1.54, 1.807) is 19.6 Å². The van der Waals surface area contributed by atoms with E-state index in [0.29, 0.717) is 6.61 Å². The van der Waals surface area contributed by atoms with Crippen LogP contribution in [0.4, 0.5) is 4.39 Å². The fourth-order valence-corrected chi connectivity index (χ4v) is 2.80. The highest BCUT2D eigenvalue weighted by atomic mass is 19.1. The van der Waals surface area contributed by atoms with Crippen LogP contribution in [0.1, 0.15) is 17.9 Å². The summed E-state index contributed by atoms with van der Waals surface area (Å²) in [5.74, 6) is 1.42. The molecule has 2 aromatic carbocycles. The highest BCUT2D eigenvalue weighted by Crippen LogP contribution is 2.28. The second-order valence-electron chi connectivity index (χ2n) is 5.80. The summed E-state index contributed by atoms with van der Waals surface area (Å²) in [5, 5.41) is 0. The van der Waals surface area contributed by atoms with Crippen molar-refractivity contribution in [3.05, 3.63) is 78.6 Å². The van der Waals surface area contributed by atoms with Crippen molar-refractivity contribution in [1.82, 2.24) is 9.55 Å². The molecule has 1 aromatic heterocycles. The first kappa shape index (κ1) is 17.0. The van der Waals surface area contributed by atoms with E-state index in [-0.39, 0.29) is 11.7 Å². The average Bonchev–Trinajstić information content (AvgIpc) is 3.15. The average molecular weight is 340 g/mol. The fraction of sp³-hybridized carbons (Fsp3) is 0.250. The Labute approximate surface area is 146 Å². The van der Waals surface area contributed by atoms with Crippen LogP contribution in [-0.4, -0.2) is 23.3 Å². The minimum Gasteiger partial charge on any atom is -0.493 e. The van der Waals surface area contributed by atoms with Crippen molar-refractivity contribution in [2.24, 2.45) is 0 Å². The van der Waals surface area contributed by atoms with Crippen LogP contribution < -0.4 is 9.47 Å². The molecule has 1 unspecified atom stereocenters. The molecular formula is C20H21FN2O2. The number of benzene rings is 2. The molecule has 1 atom stereocenters. The SMILES string of the molecule is COc1ccccc1OCCC(Cn1ccnc1)c1ccc(F)cc1. The Bertz CT molecular complexity index is 773. The van der Waals surface area contributed by atoms with Gasteiger partial charge in [0.25, 0.3) is 0 Å². The first-order valence-corrected chi connectivity index (χ1v) is 8.23. The van der Waals surface area contributed by atoms with Crippen molar-refractivity contribution in [1.29, 1.82) is 0 Å². The third kappa shape index (κ3) is 4.59. The van der Waals surface area contributed by atoms with E-state index < -0.39 is 0 Å². The number of ether oxygens (including phenoxy) is 2. The van der Waals surface area contributed by atoms with Gasteiger partial charge in [-0.2, -0.15) is 0 Å². The van der Waals surface area contributed by atoms with Crippen LogP contribution in [0, 0.1) is 5.82 Å². The van der Waals surface area contributed by atoms with Crippen LogP contribution in [0.5, 0.6) is 11.5 Å². The lowest BCUT2D eigenvalue weighted by Crippen LogP contribution is -2.12. The molecule has 0 aliphatic heterocycles. The molecule has 5 heteroatoms. The minimum absolute atomic E-state index is 0.199. The summed E-state index contributed by atoms with van der Waals surface area (Å²) in [6, 6.07) is 14.3. The van der Waals surface area contributed by atoms with Crippen molar-refractivity contribution in [2.75, 3.05) is 13.7 Å². The third-order valence-electron chi connectivity index (χ3n) is 4.12. The van der Waals surface area contributed by atoms with E-state index in [1.165, 1.54) is 12.1 Å². The van der Waals surface area contributed by atoms with Crippen molar-refractivity contribution in [2.45, 2.75) is 18.9 Å². The molecule has 0 saturated carbocycles. The molecule has 0 saturated heterocycles. The van der Waals surface area contributed by atoms with E-state index in [9.17, 15) is 4.39 Å². The largest absolute Gasteiger partial charge is 0.493 e. The fourth-order valence-electron chi connectivity index (χ4n) is 2.80. The number of rotatable bonds is 8. The standard InChI is InChI=1S/C20H21FN2O2/c1-24-19-4-2-3-5-20(19)25-13-10-17(14-23-12-11-22-15-23)16-6-8-18(21)9-7-16/h2-9,11-12,15,17H,10,13-14H2,1H3. The molecule has 3 rings (SSSR count). The molecule has 3 aromatic rings. The Morgan fingerprint density at radius 2 is 1.84 bits per heavy atom. The maximum Gasteiger partial charge on any atom is 0.161 e. The lowest BCUT2D eigenvalue weighted by molar-refractivity contribution is 0.274. The normalized spacial score (nSPS) is 11.9. The molecule has 0 radical (unpaired) electrons. The number of methoxy groups -OCH3 is 1. The van der Waals surface area contributed by atoms with Gasteiger partial charge in [-0.25, -0.2) is 9.37 Å². The molecule has 0 fully saturated rings. The van der Waals surface area contributed by atoms with Gasteiger partial charge in [-0.1, -0.05) is 24.3 Å². The zero-order chi connectivity index (χ0) is 17.5. The first-order valence-electron chi connectivity index (χ1n) is 8.23. The highest BCUT2D eigenvalue weighted by Gasteiger charge is 2.14. The second kappa shape index (κ2) is 8.33. The highest BCUT2D eigenvalue weighted by molar-refractivity contribution is 5.39. The maximum atomic E-state index is 13.2. The topological polar surface area (TPSA) is 36.3 Å². The Morgan fingerprint density at radius 3 is 2.52 bits per heavy atom. The molecule has 0 spiro atoms. The molecule has 0 amide bonds. The number of aromatic nitrogens is 2. The zero-order valence-corrected chi connectivity index (χ0v) is 14.1. The zero-order valence-electron chi connectivity index (χ0n) is 14.1. The lowest BCUT2D eigenvalue weighted by Gasteiger charge is -2.19. The van der Waals surface area contributed by atoms with Gasteiger partial charge in [-0.05, 0) is 36.2 Å². The molecule has 0 bridgehead atoms. The Kier molecular flexibility index (Phi) is 5.67. The Hall–Kier alpha value is -2.82. The quantitative estimate of drug-likeness (QED) is 0.614. The van der Waals surface area contributed by atoms with E-state index >= 15 is 0 Å². The maximum absolute atomic E-state index is 13.2. The van der Waals surface area contributed by atoms with Crippen molar-refractivity contribution >= 4 is 0 Å².